The van der Waals surface area contributed by atoms with Crippen LogP contribution in [-0.4, -0.2) is 15.3 Å². The number of nitrogens with one attached hydrogen (secondary N) is 1. The molecule has 4 nitrogen and oxygen atoms in total. The molecular formula is C17H18N4. The van der Waals surface area contributed by atoms with Crippen molar-refractivity contribution in [1.82, 2.24) is 9.55 Å². The summed E-state index contributed by atoms with van der Waals surface area (Å²) >= 11 is 0. The van der Waals surface area contributed by atoms with E-state index in [0.29, 0.717) is 0 Å². The second kappa shape index (κ2) is 5.79. The summed E-state index contributed by atoms with van der Waals surface area (Å²) in [5.41, 5.74) is 7.34. The maximum atomic E-state index is 4.63. The van der Waals surface area contributed by atoms with Gasteiger partial charge in [-0.1, -0.05) is 42.5 Å². The summed E-state index contributed by atoms with van der Waals surface area (Å²) in [6, 6.07) is 18.5. The molecule has 1 aromatic heterocycles. The highest BCUT2D eigenvalue weighted by Gasteiger charge is 2.10. The molecule has 0 saturated carbocycles. The Morgan fingerprint density at radius 2 is 1.76 bits per heavy atom. The molecule has 0 radical (unpaired) electrons. The molecule has 0 amide bonds. The molecule has 0 spiro atoms. The molecule has 4 heteroatoms. The van der Waals surface area contributed by atoms with Crippen molar-refractivity contribution in [2.75, 3.05) is 5.43 Å². The lowest BCUT2D eigenvalue weighted by molar-refractivity contribution is 0.827. The molecule has 0 aliphatic heterocycles. The van der Waals surface area contributed by atoms with Crippen molar-refractivity contribution >= 4 is 22.7 Å². The Bertz CT molecular complexity index is 768. The number of nitrogens with zero attached hydrogens (tertiary/aromatic N) is 3. The average molecular weight is 278 g/mol. The van der Waals surface area contributed by atoms with E-state index in [9.17, 15) is 0 Å². The van der Waals surface area contributed by atoms with Crippen molar-refractivity contribution < 1.29 is 0 Å². The SMILES string of the molecule is CC(C)=NNc1nc2ccccc2n1Cc1ccccc1. The van der Waals surface area contributed by atoms with Crippen LogP contribution >= 0.6 is 0 Å². The van der Waals surface area contributed by atoms with Crippen molar-refractivity contribution in [3.05, 3.63) is 60.2 Å². The first-order valence-corrected chi connectivity index (χ1v) is 7.00. The van der Waals surface area contributed by atoms with Gasteiger partial charge in [0.2, 0.25) is 5.95 Å². The molecule has 106 valence electrons. The molecule has 0 fully saturated rings. The Kier molecular flexibility index (Phi) is 3.69. The smallest absolute Gasteiger partial charge is 0.225 e. The molecule has 0 atom stereocenters. The fourth-order valence-corrected chi connectivity index (χ4v) is 2.25. The number of anilines is 1. The van der Waals surface area contributed by atoms with Crippen LogP contribution in [0.5, 0.6) is 0 Å². The van der Waals surface area contributed by atoms with Crippen LogP contribution in [0.15, 0.2) is 59.7 Å². The van der Waals surface area contributed by atoms with E-state index < -0.39 is 0 Å². The molecular weight excluding hydrogens is 260 g/mol. The third-order valence-electron chi connectivity index (χ3n) is 3.22. The van der Waals surface area contributed by atoms with Gasteiger partial charge in [0.05, 0.1) is 17.6 Å². The van der Waals surface area contributed by atoms with Crippen LogP contribution in [0, 0.1) is 0 Å². The number of fused-ring (bicyclic) bond motifs is 1. The van der Waals surface area contributed by atoms with Crippen molar-refractivity contribution in [3.8, 4) is 0 Å². The summed E-state index contributed by atoms with van der Waals surface area (Å²) < 4.78 is 2.15. The first-order chi connectivity index (χ1) is 10.2. The lowest BCUT2D eigenvalue weighted by atomic mass is 10.2. The molecule has 0 unspecified atom stereocenters. The van der Waals surface area contributed by atoms with Gasteiger partial charge in [0.15, 0.2) is 0 Å². The van der Waals surface area contributed by atoms with Crippen LogP contribution in [0.4, 0.5) is 5.95 Å². The van der Waals surface area contributed by atoms with Gasteiger partial charge < -0.3 is 4.57 Å². The number of benzene rings is 2. The maximum Gasteiger partial charge on any atom is 0.225 e. The third kappa shape index (κ3) is 2.94. The van der Waals surface area contributed by atoms with E-state index in [1.165, 1.54) is 5.56 Å². The van der Waals surface area contributed by atoms with Crippen LogP contribution in [-0.2, 0) is 6.54 Å². The zero-order chi connectivity index (χ0) is 14.7. The van der Waals surface area contributed by atoms with Gasteiger partial charge in [-0.05, 0) is 31.5 Å². The van der Waals surface area contributed by atoms with Gasteiger partial charge in [-0.25, -0.2) is 10.4 Å². The van der Waals surface area contributed by atoms with Crippen molar-refractivity contribution in [2.24, 2.45) is 5.10 Å². The van der Waals surface area contributed by atoms with Crippen molar-refractivity contribution in [3.63, 3.8) is 0 Å². The van der Waals surface area contributed by atoms with Gasteiger partial charge in [-0.2, -0.15) is 5.10 Å². The molecule has 1 heterocycles. The number of para-hydroxylation sites is 2. The molecule has 0 aliphatic carbocycles. The Balaban J connectivity index is 2.05. The molecule has 2 aromatic carbocycles. The highest BCUT2D eigenvalue weighted by Crippen LogP contribution is 2.21. The van der Waals surface area contributed by atoms with Crippen LogP contribution in [0.2, 0.25) is 0 Å². The second-order valence-corrected chi connectivity index (χ2v) is 5.17. The Morgan fingerprint density at radius 1 is 1.05 bits per heavy atom. The lowest BCUT2D eigenvalue weighted by Gasteiger charge is -2.08. The van der Waals surface area contributed by atoms with Crippen LogP contribution < -0.4 is 5.43 Å². The van der Waals surface area contributed by atoms with E-state index in [0.717, 1.165) is 29.2 Å². The Morgan fingerprint density at radius 3 is 2.52 bits per heavy atom. The van der Waals surface area contributed by atoms with Crippen LogP contribution in [0.1, 0.15) is 19.4 Å². The molecule has 0 aliphatic rings. The molecule has 1 N–H and O–H groups in total. The van der Waals surface area contributed by atoms with Gasteiger partial charge >= 0.3 is 0 Å². The fourth-order valence-electron chi connectivity index (χ4n) is 2.25. The number of hydrogen-bond acceptors (Lipinski definition) is 3. The first kappa shape index (κ1) is 13.4. The minimum absolute atomic E-state index is 0.765. The van der Waals surface area contributed by atoms with Gasteiger partial charge in [0.1, 0.15) is 0 Å². The topological polar surface area (TPSA) is 42.2 Å². The van der Waals surface area contributed by atoms with Crippen molar-refractivity contribution in [1.29, 1.82) is 0 Å². The van der Waals surface area contributed by atoms with Gasteiger partial charge in [-0.3, -0.25) is 0 Å². The minimum atomic E-state index is 0.765. The Hall–Kier alpha value is -2.62. The predicted molar refractivity (Wildman–Crippen MR) is 87.7 cm³/mol. The largest absolute Gasteiger partial charge is 0.304 e. The fraction of sp³-hybridized carbons (Fsp3) is 0.176. The second-order valence-electron chi connectivity index (χ2n) is 5.17. The number of imidazole rings is 1. The number of aromatic nitrogens is 2. The number of hydrogen-bond donors (Lipinski definition) is 1. The maximum absolute atomic E-state index is 4.63. The minimum Gasteiger partial charge on any atom is -0.304 e. The van der Waals surface area contributed by atoms with E-state index in [1.54, 1.807) is 0 Å². The highest BCUT2D eigenvalue weighted by atomic mass is 15.4. The highest BCUT2D eigenvalue weighted by molar-refractivity contribution is 5.81. The zero-order valence-electron chi connectivity index (χ0n) is 12.2. The number of hydrazone groups is 1. The van der Waals surface area contributed by atoms with E-state index in [4.69, 9.17) is 0 Å². The first-order valence-electron chi connectivity index (χ1n) is 7.00. The standard InChI is InChI=1S/C17H18N4/c1-13(2)19-20-17-18-15-10-6-7-11-16(15)21(17)12-14-8-4-3-5-9-14/h3-11H,12H2,1-2H3,(H,18,20). The van der Waals surface area contributed by atoms with E-state index in [2.05, 4.69) is 50.4 Å². The molecule has 0 saturated heterocycles. The predicted octanol–water partition coefficient (Wildman–Crippen LogP) is 3.89. The summed E-state index contributed by atoms with van der Waals surface area (Å²) in [6.07, 6.45) is 0. The normalized spacial score (nSPS) is 10.6. The van der Waals surface area contributed by atoms with E-state index in [-0.39, 0.29) is 0 Å². The van der Waals surface area contributed by atoms with Crippen LogP contribution in [0.25, 0.3) is 11.0 Å². The molecule has 0 bridgehead atoms. The summed E-state index contributed by atoms with van der Waals surface area (Å²) in [5, 5.41) is 4.28. The summed E-state index contributed by atoms with van der Waals surface area (Å²) in [7, 11) is 0. The average Bonchev–Trinajstić information content (AvgIpc) is 2.84. The number of rotatable bonds is 4. The van der Waals surface area contributed by atoms with Crippen molar-refractivity contribution in [2.45, 2.75) is 20.4 Å². The summed E-state index contributed by atoms with van der Waals surface area (Å²) in [4.78, 5) is 4.63. The summed E-state index contributed by atoms with van der Waals surface area (Å²) in [6.45, 7) is 4.68. The zero-order valence-corrected chi connectivity index (χ0v) is 12.2. The molecule has 3 rings (SSSR count). The molecule has 3 aromatic rings. The quantitative estimate of drug-likeness (QED) is 0.581. The lowest BCUT2D eigenvalue weighted by Crippen LogP contribution is -2.05. The van der Waals surface area contributed by atoms with Gasteiger partial charge in [0.25, 0.3) is 0 Å². The summed E-state index contributed by atoms with van der Waals surface area (Å²) in [5.74, 6) is 0.765. The van der Waals surface area contributed by atoms with E-state index >= 15 is 0 Å². The van der Waals surface area contributed by atoms with Gasteiger partial charge in [0, 0.05) is 5.71 Å². The Labute approximate surface area is 124 Å². The van der Waals surface area contributed by atoms with E-state index in [1.807, 2.05) is 38.1 Å². The monoisotopic (exact) mass is 278 g/mol. The third-order valence-corrected chi connectivity index (χ3v) is 3.22. The van der Waals surface area contributed by atoms with Gasteiger partial charge in [-0.15, -0.1) is 0 Å². The molecule has 21 heavy (non-hydrogen) atoms. The van der Waals surface area contributed by atoms with Crippen LogP contribution in [0.3, 0.4) is 0 Å².